The minimum Gasteiger partial charge on any atom is -0.497 e. The van der Waals surface area contributed by atoms with Gasteiger partial charge in [0.1, 0.15) is 18.4 Å². The highest BCUT2D eigenvalue weighted by Crippen LogP contribution is 2.14. The molecule has 1 aromatic carbocycles. The summed E-state index contributed by atoms with van der Waals surface area (Å²) >= 11 is 0. The van der Waals surface area contributed by atoms with E-state index in [0.717, 1.165) is 44.0 Å². The van der Waals surface area contributed by atoms with E-state index in [-0.39, 0.29) is 5.91 Å². The fraction of sp³-hybridized carbons (Fsp3) is 0.588. The van der Waals surface area contributed by atoms with Crippen LogP contribution in [-0.2, 0) is 9.53 Å². The van der Waals surface area contributed by atoms with Gasteiger partial charge >= 0.3 is 0 Å². The Balaban J connectivity index is 1.80. The number of ether oxygens (including phenoxy) is 2. The number of quaternary nitrogens is 1. The van der Waals surface area contributed by atoms with Crippen LogP contribution in [0.1, 0.15) is 26.2 Å². The lowest BCUT2D eigenvalue weighted by molar-refractivity contribution is -0.893. The molecule has 5 heteroatoms. The van der Waals surface area contributed by atoms with E-state index in [9.17, 15) is 4.79 Å². The van der Waals surface area contributed by atoms with E-state index in [2.05, 4.69) is 12.2 Å². The molecular weight excluding hydrogens is 280 g/mol. The van der Waals surface area contributed by atoms with Gasteiger partial charge in [0, 0.05) is 12.3 Å². The van der Waals surface area contributed by atoms with Crippen LogP contribution in [0, 0.1) is 0 Å². The fourth-order valence-electron chi connectivity index (χ4n) is 2.74. The maximum atomic E-state index is 12.2. The molecule has 0 aromatic heterocycles. The van der Waals surface area contributed by atoms with Gasteiger partial charge in [0.25, 0.3) is 5.91 Å². The van der Waals surface area contributed by atoms with Gasteiger partial charge in [0.05, 0.1) is 13.7 Å². The van der Waals surface area contributed by atoms with Crippen LogP contribution in [0.2, 0.25) is 0 Å². The maximum absolute atomic E-state index is 12.2. The van der Waals surface area contributed by atoms with Gasteiger partial charge in [-0.1, -0.05) is 0 Å². The summed E-state index contributed by atoms with van der Waals surface area (Å²) in [5, 5.41) is 2.94. The summed E-state index contributed by atoms with van der Waals surface area (Å²) in [6, 6.07) is 7.39. The molecule has 1 aliphatic rings. The number of anilines is 1. The number of likely N-dealkylation sites (N-methyl/N-ethyl adjacent to an activating group) is 1. The van der Waals surface area contributed by atoms with Crippen molar-refractivity contribution >= 4 is 11.6 Å². The van der Waals surface area contributed by atoms with Gasteiger partial charge < -0.3 is 19.7 Å². The third-order valence-electron chi connectivity index (χ3n) is 4.07. The van der Waals surface area contributed by atoms with E-state index in [4.69, 9.17) is 9.47 Å². The summed E-state index contributed by atoms with van der Waals surface area (Å²) in [6.45, 7) is 5.28. The molecule has 1 unspecified atom stereocenters. The molecule has 2 rings (SSSR count). The predicted molar refractivity (Wildman–Crippen MR) is 86.5 cm³/mol. The Morgan fingerprint density at radius 3 is 2.73 bits per heavy atom. The lowest BCUT2D eigenvalue weighted by Crippen LogP contribution is -3.13. The van der Waals surface area contributed by atoms with Crippen molar-refractivity contribution in [1.82, 2.24) is 0 Å². The van der Waals surface area contributed by atoms with E-state index in [1.807, 2.05) is 24.3 Å². The molecule has 22 heavy (non-hydrogen) atoms. The lowest BCUT2D eigenvalue weighted by Gasteiger charge is -2.26. The molecule has 0 aliphatic carbocycles. The van der Waals surface area contributed by atoms with Crippen molar-refractivity contribution in [2.75, 3.05) is 38.7 Å². The SMILES string of the molecule is CC[NH+](CC(=O)Nc1ccc(OC)cc1)C[C@@H]1CCCCO1. The molecule has 0 bridgehead atoms. The van der Waals surface area contributed by atoms with Crippen LogP contribution < -0.4 is 15.0 Å². The standard InChI is InChI=1S/C17H26N2O3/c1-3-19(12-16-6-4-5-11-22-16)13-17(20)18-14-7-9-15(21-2)10-8-14/h7-10,16H,3-6,11-13H2,1-2H3,(H,18,20)/p+1/t16-/m0/s1. The molecule has 1 fully saturated rings. The zero-order valence-electron chi connectivity index (χ0n) is 13.6. The summed E-state index contributed by atoms with van der Waals surface area (Å²) in [6.07, 6.45) is 3.82. The number of hydrogen-bond donors (Lipinski definition) is 2. The third-order valence-corrected chi connectivity index (χ3v) is 4.07. The van der Waals surface area contributed by atoms with Gasteiger partial charge in [-0.25, -0.2) is 0 Å². The summed E-state index contributed by atoms with van der Waals surface area (Å²) in [5.41, 5.74) is 0.801. The van der Waals surface area contributed by atoms with Crippen molar-refractivity contribution < 1.29 is 19.2 Å². The van der Waals surface area contributed by atoms with Crippen LogP contribution in [0.5, 0.6) is 5.75 Å². The molecule has 122 valence electrons. The average molecular weight is 307 g/mol. The smallest absolute Gasteiger partial charge is 0.279 e. The molecule has 2 N–H and O–H groups in total. The highest BCUT2D eigenvalue weighted by Gasteiger charge is 2.21. The quantitative estimate of drug-likeness (QED) is 0.793. The normalized spacial score (nSPS) is 19.5. The Morgan fingerprint density at radius 2 is 2.14 bits per heavy atom. The highest BCUT2D eigenvalue weighted by molar-refractivity contribution is 5.91. The van der Waals surface area contributed by atoms with Crippen LogP contribution in [-0.4, -0.2) is 45.4 Å². The Bertz CT molecular complexity index is 455. The second-order valence-electron chi connectivity index (χ2n) is 5.75. The number of carbonyl (C=O) groups is 1. The number of rotatable bonds is 7. The predicted octanol–water partition coefficient (Wildman–Crippen LogP) is 1.11. The second-order valence-corrected chi connectivity index (χ2v) is 5.75. The van der Waals surface area contributed by atoms with Gasteiger partial charge in [-0.2, -0.15) is 0 Å². The fourth-order valence-corrected chi connectivity index (χ4v) is 2.74. The maximum Gasteiger partial charge on any atom is 0.279 e. The van der Waals surface area contributed by atoms with Gasteiger partial charge in [0.2, 0.25) is 0 Å². The number of nitrogens with one attached hydrogen (secondary N) is 2. The van der Waals surface area contributed by atoms with Crippen LogP contribution in [0.25, 0.3) is 0 Å². The van der Waals surface area contributed by atoms with Gasteiger partial charge in [0.15, 0.2) is 6.54 Å². The van der Waals surface area contributed by atoms with Gasteiger partial charge in [-0.05, 0) is 50.5 Å². The molecule has 5 nitrogen and oxygen atoms in total. The van der Waals surface area contributed by atoms with Crippen molar-refractivity contribution in [3.05, 3.63) is 24.3 Å². The van der Waals surface area contributed by atoms with Crippen molar-refractivity contribution in [3.8, 4) is 5.75 Å². The second kappa shape index (κ2) is 8.76. The molecular formula is C17H27N2O3+. The molecule has 0 radical (unpaired) electrons. The Hall–Kier alpha value is -1.59. The van der Waals surface area contributed by atoms with E-state index < -0.39 is 0 Å². The van der Waals surface area contributed by atoms with Crippen molar-refractivity contribution in [2.45, 2.75) is 32.3 Å². The summed E-state index contributed by atoms with van der Waals surface area (Å²) in [4.78, 5) is 13.4. The largest absolute Gasteiger partial charge is 0.497 e. The Kier molecular flexibility index (Phi) is 6.68. The zero-order chi connectivity index (χ0) is 15.8. The monoisotopic (exact) mass is 307 g/mol. The summed E-state index contributed by atoms with van der Waals surface area (Å²) in [5.74, 6) is 0.825. The average Bonchev–Trinajstić information content (AvgIpc) is 2.56. The summed E-state index contributed by atoms with van der Waals surface area (Å²) < 4.78 is 10.9. The highest BCUT2D eigenvalue weighted by atomic mass is 16.5. The molecule has 1 aromatic rings. The molecule has 0 saturated carbocycles. The molecule has 2 atom stereocenters. The minimum atomic E-state index is 0.0397. The van der Waals surface area contributed by atoms with Crippen molar-refractivity contribution in [1.29, 1.82) is 0 Å². The van der Waals surface area contributed by atoms with E-state index in [1.165, 1.54) is 11.3 Å². The summed E-state index contributed by atoms with van der Waals surface area (Å²) in [7, 11) is 1.63. The number of carbonyl (C=O) groups excluding carboxylic acids is 1. The molecule has 1 saturated heterocycles. The van der Waals surface area contributed by atoms with Crippen LogP contribution in [0.4, 0.5) is 5.69 Å². The van der Waals surface area contributed by atoms with Crippen molar-refractivity contribution in [2.24, 2.45) is 0 Å². The van der Waals surface area contributed by atoms with Crippen molar-refractivity contribution in [3.63, 3.8) is 0 Å². The van der Waals surface area contributed by atoms with E-state index in [1.54, 1.807) is 7.11 Å². The minimum absolute atomic E-state index is 0.0397. The van der Waals surface area contributed by atoms with Gasteiger partial charge in [-0.3, -0.25) is 4.79 Å². The Labute approximate surface area is 132 Å². The molecule has 1 aliphatic heterocycles. The molecule has 1 heterocycles. The number of methoxy groups -OCH3 is 1. The van der Waals surface area contributed by atoms with Crippen LogP contribution in [0.3, 0.4) is 0 Å². The van der Waals surface area contributed by atoms with Crippen LogP contribution >= 0.6 is 0 Å². The first-order chi connectivity index (χ1) is 10.7. The van der Waals surface area contributed by atoms with E-state index in [0.29, 0.717) is 12.6 Å². The number of hydrogen-bond acceptors (Lipinski definition) is 3. The number of amides is 1. The third kappa shape index (κ3) is 5.31. The Morgan fingerprint density at radius 1 is 1.36 bits per heavy atom. The molecule has 1 amide bonds. The zero-order valence-corrected chi connectivity index (χ0v) is 13.6. The number of benzene rings is 1. The van der Waals surface area contributed by atoms with E-state index >= 15 is 0 Å². The molecule has 0 spiro atoms. The van der Waals surface area contributed by atoms with Gasteiger partial charge in [-0.15, -0.1) is 0 Å². The first-order valence-corrected chi connectivity index (χ1v) is 8.10. The first-order valence-electron chi connectivity index (χ1n) is 8.10. The van der Waals surface area contributed by atoms with Crippen LogP contribution in [0.15, 0.2) is 24.3 Å². The first kappa shape index (κ1) is 16.8. The topological polar surface area (TPSA) is 52.0 Å². The lowest BCUT2D eigenvalue weighted by atomic mass is 10.1.